The van der Waals surface area contributed by atoms with Crippen molar-refractivity contribution in [1.82, 2.24) is 19.6 Å². The molecule has 0 saturated carbocycles. The molecular formula is C12H10N4O. The number of aromatic nitrogens is 4. The van der Waals surface area contributed by atoms with E-state index in [4.69, 9.17) is 4.74 Å². The van der Waals surface area contributed by atoms with E-state index in [1.165, 1.54) is 0 Å². The number of hydrogen-bond donors (Lipinski definition) is 0. The van der Waals surface area contributed by atoms with Crippen molar-refractivity contribution < 1.29 is 4.74 Å². The van der Waals surface area contributed by atoms with Gasteiger partial charge < -0.3 is 4.74 Å². The molecule has 5 nitrogen and oxygen atoms in total. The minimum atomic E-state index is 0.596. The number of ether oxygens (including phenoxy) is 1. The van der Waals surface area contributed by atoms with E-state index >= 15 is 0 Å². The highest BCUT2D eigenvalue weighted by molar-refractivity contribution is 5.61. The molecule has 0 atom stereocenters. The third-order valence-electron chi connectivity index (χ3n) is 2.54. The maximum atomic E-state index is 5.12. The van der Waals surface area contributed by atoms with Crippen molar-refractivity contribution in [2.75, 3.05) is 7.11 Å². The molecule has 5 heteroatoms. The van der Waals surface area contributed by atoms with Crippen LogP contribution in [0.5, 0.6) is 5.75 Å². The molecule has 0 spiro atoms. The Bertz CT molecular complexity index is 612. The second-order valence-electron chi connectivity index (χ2n) is 3.58. The van der Waals surface area contributed by atoms with Crippen molar-refractivity contribution in [2.45, 2.75) is 0 Å². The number of fused-ring (bicyclic) bond motifs is 1. The number of benzene rings is 1. The second kappa shape index (κ2) is 3.86. The normalized spacial score (nSPS) is 10.6. The lowest BCUT2D eigenvalue weighted by atomic mass is 10.2. The Morgan fingerprint density at radius 3 is 2.71 bits per heavy atom. The molecule has 0 aliphatic rings. The molecule has 0 fully saturated rings. The number of rotatable bonds is 2. The first-order valence-electron chi connectivity index (χ1n) is 5.17. The highest BCUT2D eigenvalue weighted by Crippen LogP contribution is 2.21. The quantitative estimate of drug-likeness (QED) is 0.668. The van der Waals surface area contributed by atoms with Crippen LogP contribution in [0.25, 0.3) is 17.0 Å². The Morgan fingerprint density at radius 1 is 1.18 bits per heavy atom. The number of nitrogens with zero attached hydrogens (tertiary/aromatic N) is 4. The maximum Gasteiger partial charge on any atom is 0.254 e. The molecule has 84 valence electrons. The largest absolute Gasteiger partial charge is 0.497 e. The van der Waals surface area contributed by atoms with Crippen LogP contribution < -0.4 is 4.74 Å². The van der Waals surface area contributed by atoms with Crippen molar-refractivity contribution in [3.63, 3.8) is 0 Å². The van der Waals surface area contributed by atoms with Crippen molar-refractivity contribution in [2.24, 2.45) is 0 Å². The smallest absolute Gasteiger partial charge is 0.254 e. The molecule has 1 aromatic carbocycles. The highest BCUT2D eigenvalue weighted by atomic mass is 16.5. The van der Waals surface area contributed by atoms with E-state index in [9.17, 15) is 0 Å². The maximum absolute atomic E-state index is 5.12. The summed E-state index contributed by atoms with van der Waals surface area (Å²) in [6.07, 6.45) is 5.38. The molecule has 2 aromatic heterocycles. The molecule has 0 unspecified atom stereocenters. The van der Waals surface area contributed by atoms with Gasteiger partial charge >= 0.3 is 0 Å². The van der Waals surface area contributed by atoms with Gasteiger partial charge in [0, 0.05) is 18.0 Å². The van der Waals surface area contributed by atoms with Gasteiger partial charge in [0.25, 0.3) is 5.78 Å². The number of imidazole rings is 1. The molecule has 0 aliphatic heterocycles. The summed E-state index contributed by atoms with van der Waals surface area (Å²) in [5.74, 6) is 1.43. The first-order valence-corrected chi connectivity index (χ1v) is 5.17. The van der Waals surface area contributed by atoms with Crippen LogP contribution in [0, 0.1) is 0 Å². The Labute approximate surface area is 97.7 Å². The fraction of sp³-hybridized carbons (Fsp3) is 0.0833. The zero-order valence-corrected chi connectivity index (χ0v) is 9.24. The van der Waals surface area contributed by atoms with Crippen molar-refractivity contribution in [3.8, 4) is 17.0 Å². The summed E-state index contributed by atoms with van der Waals surface area (Å²) >= 11 is 0. The lowest BCUT2D eigenvalue weighted by Gasteiger charge is -1.99. The van der Waals surface area contributed by atoms with Gasteiger partial charge in [-0.3, -0.25) is 4.40 Å². The summed E-state index contributed by atoms with van der Waals surface area (Å²) in [7, 11) is 1.65. The zero-order valence-electron chi connectivity index (χ0n) is 9.24. The van der Waals surface area contributed by atoms with E-state index in [-0.39, 0.29) is 0 Å². The molecule has 0 aliphatic carbocycles. The SMILES string of the molecule is COc1ccc(-c2cn3ccnnc3n2)cc1. The van der Waals surface area contributed by atoms with Crippen LogP contribution in [0.3, 0.4) is 0 Å². The van der Waals surface area contributed by atoms with Crippen LogP contribution in [0.4, 0.5) is 0 Å². The molecule has 0 radical (unpaired) electrons. The lowest BCUT2D eigenvalue weighted by molar-refractivity contribution is 0.415. The van der Waals surface area contributed by atoms with Gasteiger partial charge in [0.1, 0.15) is 5.75 Å². The lowest BCUT2D eigenvalue weighted by Crippen LogP contribution is -1.87. The average molecular weight is 226 g/mol. The Balaban J connectivity index is 2.07. The Morgan fingerprint density at radius 2 is 2.00 bits per heavy atom. The van der Waals surface area contributed by atoms with Gasteiger partial charge in [-0.15, -0.1) is 5.10 Å². The summed E-state index contributed by atoms with van der Waals surface area (Å²) in [6, 6.07) is 7.75. The number of hydrogen-bond acceptors (Lipinski definition) is 4. The summed E-state index contributed by atoms with van der Waals surface area (Å²) in [4.78, 5) is 4.39. The van der Waals surface area contributed by atoms with Gasteiger partial charge in [-0.2, -0.15) is 5.10 Å². The van der Waals surface area contributed by atoms with Crippen LogP contribution in [-0.2, 0) is 0 Å². The molecule has 17 heavy (non-hydrogen) atoms. The minimum Gasteiger partial charge on any atom is -0.497 e. The van der Waals surface area contributed by atoms with Crippen molar-refractivity contribution in [1.29, 1.82) is 0 Å². The Kier molecular flexibility index (Phi) is 2.22. The standard InChI is InChI=1S/C12H10N4O/c1-17-10-4-2-9(3-5-10)11-8-16-7-6-13-15-12(16)14-11/h2-8H,1H3. The Hall–Kier alpha value is -2.43. The summed E-state index contributed by atoms with van der Waals surface area (Å²) in [5, 5.41) is 7.73. The third kappa shape index (κ3) is 1.71. The highest BCUT2D eigenvalue weighted by Gasteiger charge is 2.04. The van der Waals surface area contributed by atoms with Gasteiger partial charge in [0.15, 0.2) is 0 Å². The molecule has 0 saturated heterocycles. The monoisotopic (exact) mass is 226 g/mol. The summed E-state index contributed by atoms with van der Waals surface area (Å²) in [6.45, 7) is 0. The molecule has 0 N–H and O–H groups in total. The first-order chi connectivity index (χ1) is 8.36. The van der Waals surface area contributed by atoms with Gasteiger partial charge in [0.05, 0.1) is 19.0 Å². The third-order valence-corrected chi connectivity index (χ3v) is 2.54. The summed E-state index contributed by atoms with van der Waals surface area (Å²) in [5.41, 5.74) is 1.89. The van der Waals surface area contributed by atoms with Crippen molar-refractivity contribution >= 4 is 5.78 Å². The topological polar surface area (TPSA) is 52.3 Å². The number of methoxy groups -OCH3 is 1. The van der Waals surface area contributed by atoms with E-state index in [0.717, 1.165) is 17.0 Å². The van der Waals surface area contributed by atoms with Crippen LogP contribution >= 0.6 is 0 Å². The van der Waals surface area contributed by atoms with Crippen LogP contribution in [0.15, 0.2) is 42.9 Å². The molecule has 0 bridgehead atoms. The van der Waals surface area contributed by atoms with Gasteiger partial charge in [-0.25, -0.2) is 4.98 Å². The molecule has 0 amide bonds. The van der Waals surface area contributed by atoms with Crippen LogP contribution in [0.2, 0.25) is 0 Å². The first kappa shape index (κ1) is 9.77. The molecule has 2 heterocycles. The molecule has 3 aromatic rings. The van der Waals surface area contributed by atoms with E-state index in [1.807, 2.05) is 41.1 Å². The van der Waals surface area contributed by atoms with Gasteiger partial charge in [0.2, 0.25) is 0 Å². The molecular weight excluding hydrogens is 216 g/mol. The van der Waals surface area contributed by atoms with Gasteiger partial charge in [-0.1, -0.05) is 0 Å². The summed E-state index contributed by atoms with van der Waals surface area (Å²) < 4.78 is 6.96. The predicted molar refractivity (Wildman–Crippen MR) is 62.8 cm³/mol. The van der Waals surface area contributed by atoms with Crippen LogP contribution in [-0.4, -0.2) is 26.7 Å². The fourth-order valence-electron chi connectivity index (χ4n) is 1.65. The fourth-order valence-corrected chi connectivity index (χ4v) is 1.65. The van der Waals surface area contributed by atoms with Gasteiger partial charge in [-0.05, 0) is 24.3 Å². The van der Waals surface area contributed by atoms with Crippen LogP contribution in [0.1, 0.15) is 0 Å². The minimum absolute atomic E-state index is 0.596. The van der Waals surface area contributed by atoms with E-state index < -0.39 is 0 Å². The second-order valence-corrected chi connectivity index (χ2v) is 3.58. The average Bonchev–Trinajstić information content (AvgIpc) is 2.82. The zero-order chi connectivity index (χ0) is 11.7. The predicted octanol–water partition coefficient (Wildman–Crippen LogP) is 1.80. The van der Waals surface area contributed by atoms with E-state index in [2.05, 4.69) is 15.2 Å². The molecule has 3 rings (SSSR count). The van der Waals surface area contributed by atoms with E-state index in [0.29, 0.717) is 5.78 Å². The van der Waals surface area contributed by atoms with Crippen molar-refractivity contribution in [3.05, 3.63) is 42.9 Å². The van der Waals surface area contributed by atoms with E-state index in [1.54, 1.807) is 13.3 Å².